The van der Waals surface area contributed by atoms with Crippen molar-refractivity contribution in [1.29, 1.82) is 0 Å². The molecule has 1 saturated heterocycles. The summed E-state index contributed by atoms with van der Waals surface area (Å²) in [4.78, 5) is 19.4. The Labute approximate surface area is 140 Å². The predicted octanol–water partition coefficient (Wildman–Crippen LogP) is 3.93. The Morgan fingerprint density at radius 2 is 1.96 bits per heavy atom. The number of amides is 1. The van der Waals surface area contributed by atoms with Gasteiger partial charge in [-0.3, -0.25) is 4.79 Å². The van der Waals surface area contributed by atoms with E-state index in [1.807, 2.05) is 35.8 Å². The zero-order valence-corrected chi connectivity index (χ0v) is 13.8. The molecule has 2 saturated carbocycles. The first-order chi connectivity index (χ1) is 11.3. The molecule has 3 nitrogen and oxygen atoms in total. The highest BCUT2D eigenvalue weighted by Gasteiger charge is 2.52. The highest BCUT2D eigenvalue weighted by Crippen LogP contribution is 2.55. The monoisotopic (exact) mass is 324 g/mol. The lowest BCUT2D eigenvalue weighted by molar-refractivity contribution is 0.0776. The van der Waals surface area contributed by atoms with Crippen molar-refractivity contribution in [3.8, 4) is 10.6 Å². The third-order valence-electron chi connectivity index (χ3n) is 6.21. The molecule has 118 valence electrons. The first-order valence-electron chi connectivity index (χ1n) is 8.59. The molecule has 1 aromatic carbocycles. The molecular weight excluding hydrogens is 304 g/mol. The summed E-state index contributed by atoms with van der Waals surface area (Å²) in [5.74, 6) is 3.55. The van der Waals surface area contributed by atoms with E-state index in [1.54, 1.807) is 11.3 Å². The maximum Gasteiger partial charge on any atom is 0.253 e. The summed E-state index contributed by atoms with van der Waals surface area (Å²) < 4.78 is 0. The molecule has 5 rings (SSSR count). The molecule has 2 bridgehead atoms. The summed E-state index contributed by atoms with van der Waals surface area (Å²) in [5, 5.41) is 2.96. The number of aromatic nitrogens is 1. The average molecular weight is 324 g/mol. The fourth-order valence-corrected chi connectivity index (χ4v) is 5.82. The molecule has 1 amide bonds. The standard InChI is InChI=1S/C19H20N2OS/c22-19(15-3-1-2-14(9-15)18-20-6-7-23-18)21-10-16-12-4-5-13(8-12)17(16)11-21/h1-3,6-7,9,12-13,16-17H,4-5,8,10-11H2/t12-,13+,16-,17+. The topological polar surface area (TPSA) is 33.2 Å². The van der Waals surface area contributed by atoms with Crippen LogP contribution in [0.1, 0.15) is 29.6 Å². The maximum atomic E-state index is 12.9. The molecule has 3 fully saturated rings. The zero-order valence-electron chi connectivity index (χ0n) is 13.0. The number of thiazole rings is 1. The van der Waals surface area contributed by atoms with Gasteiger partial charge >= 0.3 is 0 Å². The van der Waals surface area contributed by atoms with Gasteiger partial charge in [-0.25, -0.2) is 4.98 Å². The Bertz CT molecular complexity index is 724. The van der Waals surface area contributed by atoms with Gasteiger partial charge in [0.15, 0.2) is 0 Å². The summed E-state index contributed by atoms with van der Waals surface area (Å²) in [6, 6.07) is 7.96. The molecule has 4 atom stereocenters. The normalized spacial score (nSPS) is 31.6. The summed E-state index contributed by atoms with van der Waals surface area (Å²) in [6.07, 6.45) is 6.03. The number of fused-ring (bicyclic) bond motifs is 5. The van der Waals surface area contributed by atoms with Crippen molar-refractivity contribution in [2.75, 3.05) is 13.1 Å². The van der Waals surface area contributed by atoms with Gasteiger partial charge in [0.25, 0.3) is 5.91 Å². The molecule has 0 N–H and O–H groups in total. The Balaban J connectivity index is 1.38. The molecule has 4 heteroatoms. The summed E-state index contributed by atoms with van der Waals surface area (Å²) in [6.45, 7) is 1.96. The lowest BCUT2D eigenvalue weighted by atomic mass is 9.82. The van der Waals surface area contributed by atoms with Gasteiger partial charge in [0.2, 0.25) is 0 Å². The summed E-state index contributed by atoms with van der Waals surface area (Å²) in [7, 11) is 0. The van der Waals surface area contributed by atoms with Crippen LogP contribution in [0.15, 0.2) is 35.8 Å². The fourth-order valence-electron chi connectivity index (χ4n) is 5.18. The number of benzene rings is 1. The number of hydrogen-bond donors (Lipinski definition) is 0. The van der Waals surface area contributed by atoms with E-state index in [4.69, 9.17) is 0 Å². The van der Waals surface area contributed by atoms with Crippen molar-refractivity contribution in [3.63, 3.8) is 0 Å². The van der Waals surface area contributed by atoms with E-state index < -0.39 is 0 Å². The van der Waals surface area contributed by atoms with Crippen LogP contribution in [0.25, 0.3) is 10.6 Å². The van der Waals surface area contributed by atoms with E-state index >= 15 is 0 Å². The number of carbonyl (C=O) groups excluding carboxylic acids is 1. The van der Waals surface area contributed by atoms with Crippen LogP contribution >= 0.6 is 11.3 Å². The molecule has 23 heavy (non-hydrogen) atoms. The zero-order chi connectivity index (χ0) is 15.4. The van der Waals surface area contributed by atoms with E-state index in [0.717, 1.165) is 52.9 Å². The van der Waals surface area contributed by atoms with Crippen LogP contribution < -0.4 is 0 Å². The Hall–Kier alpha value is -1.68. The first kappa shape index (κ1) is 13.7. The lowest BCUT2D eigenvalue weighted by Crippen LogP contribution is -2.30. The number of rotatable bonds is 2. The summed E-state index contributed by atoms with van der Waals surface area (Å²) >= 11 is 1.62. The van der Waals surface area contributed by atoms with E-state index in [2.05, 4.69) is 9.88 Å². The van der Waals surface area contributed by atoms with Gasteiger partial charge < -0.3 is 4.90 Å². The van der Waals surface area contributed by atoms with Crippen LogP contribution in [0.2, 0.25) is 0 Å². The van der Waals surface area contributed by atoms with Crippen molar-refractivity contribution < 1.29 is 4.79 Å². The van der Waals surface area contributed by atoms with Gasteiger partial charge in [-0.15, -0.1) is 11.3 Å². The molecule has 0 unspecified atom stereocenters. The molecule has 2 aliphatic carbocycles. The molecule has 0 spiro atoms. The molecule has 1 aliphatic heterocycles. The largest absolute Gasteiger partial charge is 0.338 e. The molecule has 2 heterocycles. The Morgan fingerprint density at radius 1 is 1.17 bits per heavy atom. The van der Waals surface area contributed by atoms with E-state index in [-0.39, 0.29) is 5.91 Å². The van der Waals surface area contributed by atoms with Crippen LogP contribution in [0.4, 0.5) is 0 Å². The SMILES string of the molecule is O=C(c1cccc(-c2nccs2)c1)N1C[C@@H]2[C@@H]3CC[C@@H](C3)[C@@H]2C1. The highest BCUT2D eigenvalue weighted by molar-refractivity contribution is 7.13. The third kappa shape index (κ3) is 2.15. The van der Waals surface area contributed by atoms with Crippen molar-refractivity contribution in [3.05, 3.63) is 41.4 Å². The number of carbonyl (C=O) groups is 1. The predicted molar refractivity (Wildman–Crippen MR) is 91.3 cm³/mol. The second kappa shape index (κ2) is 5.17. The molecule has 1 aromatic heterocycles. The van der Waals surface area contributed by atoms with Gasteiger partial charge in [0, 0.05) is 35.8 Å². The molecule has 2 aromatic rings. The number of nitrogens with zero attached hydrogens (tertiary/aromatic N) is 2. The van der Waals surface area contributed by atoms with Gasteiger partial charge in [-0.05, 0) is 55.1 Å². The van der Waals surface area contributed by atoms with E-state index in [0.29, 0.717) is 0 Å². The van der Waals surface area contributed by atoms with Gasteiger partial charge in [-0.2, -0.15) is 0 Å². The van der Waals surface area contributed by atoms with Gasteiger partial charge in [0.1, 0.15) is 5.01 Å². The molecular formula is C19H20N2OS. The van der Waals surface area contributed by atoms with E-state index in [1.165, 1.54) is 19.3 Å². The minimum atomic E-state index is 0.206. The number of hydrogen-bond acceptors (Lipinski definition) is 3. The van der Waals surface area contributed by atoms with E-state index in [9.17, 15) is 4.79 Å². The minimum absolute atomic E-state index is 0.206. The first-order valence-corrected chi connectivity index (χ1v) is 9.47. The number of likely N-dealkylation sites (tertiary alicyclic amines) is 1. The van der Waals surface area contributed by atoms with Crippen molar-refractivity contribution in [1.82, 2.24) is 9.88 Å². The Morgan fingerprint density at radius 3 is 2.65 bits per heavy atom. The minimum Gasteiger partial charge on any atom is -0.338 e. The van der Waals surface area contributed by atoms with Crippen LogP contribution in [-0.2, 0) is 0 Å². The van der Waals surface area contributed by atoms with Gasteiger partial charge in [-0.1, -0.05) is 12.1 Å². The lowest BCUT2D eigenvalue weighted by Gasteiger charge is -2.22. The Kier molecular flexibility index (Phi) is 3.08. The van der Waals surface area contributed by atoms with Crippen molar-refractivity contribution >= 4 is 17.2 Å². The molecule has 0 radical (unpaired) electrons. The molecule has 3 aliphatic rings. The highest BCUT2D eigenvalue weighted by atomic mass is 32.1. The quantitative estimate of drug-likeness (QED) is 0.838. The van der Waals surface area contributed by atoms with Crippen molar-refractivity contribution in [2.45, 2.75) is 19.3 Å². The van der Waals surface area contributed by atoms with Gasteiger partial charge in [0.05, 0.1) is 0 Å². The second-order valence-electron chi connectivity index (χ2n) is 7.29. The second-order valence-corrected chi connectivity index (χ2v) is 8.18. The van der Waals surface area contributed by atoms with Crippen molar-refractivity contribution in [2.24, 2.45) is 23.7 Å². The van der Waals surface area contributed by atoms with Crippen LogP contribution in [0.3, 0.4) is 0 Å². The third-order valence-corrected chi connectivity index (χ3v) is 7.04. The average Bonchev–Trinajstić information content (AvgIpc) is 3.36. The van der Waals surface area contributed by atoms with Crippen LogP contribution in [0.5, 0.6) is 0 Å². The maximum absolute atomic E-state index is 12.9. The fraction of sp³-hybridized carbons (Fsp3) is 0.474. The van der Waals surface area contributed by atoms with Crippen LogP contribution in [-0.4, -0.2) is 28.9 Å². The smallest absolute Gasteiger partial charge is 0.253 e. The van der Waals surface area contributed by atoms with Crippen LogP contribution in [0, 0.1) is 23.7 Å². The summed E-state index contributed by atoms with van der Waals surface area (Å²) in [5.41, 5.74) is 1.86.